The first-order chi connectivity index (χ1) is 46.3. The number of aliphatic hydroxyl groups is 3. The minimum atomic E-state index is -2.14. The first-order valence-corrected chi connectivity index (χ1v) is 44.7. The van der Waals surface area contributed by atoms with Crippen LogP contribution in [0.1, 0.15) is 215 Å². The van der Waals surface area contributed by atoms with Crippen molar-refractivity contribution in [1.29, 1.82) is 0 Å². The summed E-state index contributed by atoms with van der Waals surface area (Å²) in [4.78, 5) is 47.4. The molecule has 0 amide bonds. The minimum Gasteiger partial charge on any atom is -0.390 e. The van der Waals surface area contributed by atoms with Gasteiger partial charge in [0.25, 0.3) is 0 Å². The molecule has 15 aliphatic rings. The van der Waals surface area contributed by atoms with Crippen LogP contribution in [-0.2, 0) is 43.3 Å². The number of fused-ring (bicyclic) bond motifs is 15. The summed E-state index contributed by atoms with van der Waals surface area (Å²) in [6.45, 7) is 24.9. The SMILES string of the molecule is C=S(C)(=O)N1CCN(CC(=O)[C@H]2CC[C@H]3[C@@H]4CC[C@@H]5C[C@](C)(O)CC[C@@H]5[C@H]4CC[C@]23C)CC1.C=S(C)(=O)N1CCN(CC(=O)[C@H]2CC[C@H]3[C@@H]4CC[C@H]5C[C@@](O)(CC)CC[C@@H]5[C@H]4CC[C@]23C)CC1.CO[C@@H]1C[C@@H]2[C@H](CC[C@]3(C)[C@@H](C(=O)CN4CCOCC4)CC[C@@H]23)[C@H]2CC[C@@](C)(O)C[C@H]21. The van der Waals surface area contributed by atoms with Crippen LogP contribution in [-0.4, -0.2) is 217 Å². The van der Waals surface area contributed by atoms with Gasteiger partial charge in [-0.25, -0.2) is 8.61 Å². The fourth-order valence-corrected chi connectivity index (χ4v) is 29.4. The van der Waals surface area contributed by atoms with Crippen molar-refractivity contribution in [3.63, 3.8) is 0 Å². The predicted octanol–water partition coefficient (Wildman–Crippen LogP) is 10.8. The molecule has 0 spiro atoms. The summed E-state index contributed by atoms with van der Waals surface area (Å²) in [6, 6.07) is 0. The number of Topliss-reactive ketones (excluding diaryl/α,β-unsaturated/α-hetero) is 3. The van der Waals surface area contributed by atoms with Crippen LogP contribution in [0.5, 0.6) is 0 Å². The summed E-state index contributed by atoms with van der Waals surface area (Å²) in [5.74, 6) is 20.7. The molecule has 0 aromatic carbocycles. The lowest BCUT2D eigenvalue weighted by Gasteiger charge is -2.58. The second-order valence-corrected chi connectivity index (χ2v) is 43.0. The predicted molar refractivity (Wildman–Crippen MR) is 395 cm³/mol. The first kappa shape index (κ1) is 74.9. The third kappa shape index (κ3) is 14.9. The molecule has 12 aliphatic carbocycles. The summed E-state index contributed by atoms with van der Waals surface area (Å²) >= 11 is 0. The van der Waals surface area contributed by atoms with Crippen molar-refractivity contribution in [3.05, 3.63) is 0 Å². The summed E-state index contributed by atoms with van der Waals surface area (Å²) < 4.78 is 40.0. The molecule has 0 bridgehead atoms. The van der Waals surface area contributed by atoms with E-state index in [2.05, 4.69) is 54.1 Å². The lowest BCUT2D eigenvalue weighted by molar-refractivity contribution is -0.155. The van der Waals surface area contributed by atoms with Gasteiger partial charge in [-0.05, 0) is 304 Å². The van der Waals surface area contributed by atoms with Gasteiger partial charge in [0.05, 0.1) is 55.8 Å². The van der Waals surface area contributed by atoms with E-state index in [0.29, 0.717) is 78.4 Å². The van der Waals surface area contributed by atoms with Crippen molar-refractivity contribution in [1.82, 2.24) is 23.3 Å². The summed E-state index contributed by atoms with van der Waals surface area (Å²) in [6.07, 6.45) is 34.7. The molecule has 0 aromatic rings. The van der Waals surface area contributed by atoms with Gasteiger partial charge >= 0.3 is 0 Å². The number of hydrogen-bond acceptors (Lipinski definition) is 13. The molecule has 3 N–H and O–H groups in total. The van der Waals surface area contributed by atoms with Crippen molar-refractivity contribution in [2.75, 3.05) is 118 Å². The Labute approximate surface area is 594 Å². The number of carbonyl (C=O) groups excluding carboxylic acids is 3. The Hall–Kier alpha value is -1.35. The highest BCUT2D eigenvalue weighted by Gasteiger charge is 2.63. The quantitative estimate of drug-likeness (QED) is 0.148. The summed E-state index contributed by atoms with van der Waals surface area (Å²) in [5.41, 5.74) is -0.868. The zero-order chi connectivity index (χ0) is 69.7. The van der Waals surface area contributed by atoms with Gasteiger partial charge in [-0.1, -0.05) is 27.7 Å². The third-order valence-corrected chi connectivity index (χ3v) is 35.6. The third-order valence-electron chi connectivity index (χ3n) is 32.7. The average Bonchev–Trinajstić information content (AvgIpc) is 1.43. The van der Waals surface area contributed by atoms with E-state index >= 15 is 0 Å². The molecule has 12 saturated carbocycles. The monoisotopic (exact) mass is 1400 g/mol. The van der Waals surface area contributed by atoms with Crippen LogP contribution in [0.15, 0.2) is 0 Å². The Morgan fingerprint density at radius 2 is 0.806 bits per heavy atom. The molecule has 558 valence electrons. The number of ether oxygens (including phenoxy) is 2. The number of morpholine rings is 1. The lowest BCUT2D eigenvalue weighted by atomic mass is 9.48. The van der Waals surface area contributed by atoms with Gasteiger partial charge in [0.15, 0.2) is 0 Å². The second kappa shape index (κ2) is 29.1. The fourth-order valence-electron chi connectivity index (χ4n) is 27.5. The van der Waals surface area contributed by atoms with Crippen LogP contribution in [0.3, 0.4) is 0 Å². The van der Waals surface area contributed by atoms with E-state index in [9.17, 15) is 38.1 Å². The Morgan fingerprint density at radius 3 is 1.23 bits per heavy atom. The average molecular weight is 1410 g/mol. The normalized spacial score (nSPS) is 48.6. The van der Waals surface area contributed by atoms with Crippen LogP contribution < -0.4 is 0 Å². The van der Waals surface area contributed by atoms with E-state index in [4.69, 9.17) is 9.47 Å². The largest absolute Gasteiger partial charge is 0.390 e. The molecular formula is C81H137N5O10S2. The number of nitrogens with zero attached hydrogens (tertiary/aromatic N) is 5. The molecule has 98 heavy (non-hydrogen) atoms. The number of hydrogen-bond donors (Lipinski definition) is 3. The number of ketones is 3. The van der Waals surface area contributed by atoms with Gasteiger partial charge in [-0.2, -0.15) is 0 Å². The Morgan fingerprint density at radius 1 is 0.439 bits per heavy atom. The van der Waals surface area contributed by atoms with Crippen LogP contribution in [0.25, 0.3) is 0 Å². The maximum atomic E-state index is 13.6. The lowest BCUT2D eigenvalue weighted by Crippen LogP contribution is -2.55. The standard InChI is InChI=1S/C28H48N2O3S.C27H46N2O3S.C26H43NO4/c1-5-28(32)13-11-21-20(18-28)6-7-23-22(21)10-12-27(2)24(23)8-9-25(27)26(31)19-29-14-16-30(17-15-29)34(3,4)33;1-26(31)11-9-20-19(17-26)5-6-22-21(20)10-12-27(2)23(22)7-8-24(27)25(30)18-28-13-15-29(16-14-28)33(3,4)32;1-25(29)8-6-18-17-7-9-26(2)21(19(17)14-24(30-3)20(18)15-25)4-5-22(26)23(28)16-27-10-12-31-13-11-27/h20-25,32H,3,5-19H2,1-2,4H3;19-24,31H,3,5-18H2,1-2,4H3;17-22,24,29H,4-16H2,1-3H3/t20-,21-,22+,23+,24-,25+,27-,28+,34?;19-,20+,21-,22-,23+,24-,26-,27+,33?;17-,18-,19-,20-,21+,22-,24-,25-,26+/m011/s1. The van der Waals surface area contributed by atoms with Gasteiger partial charge in [0.2, 0.25) is 0 Å². The first-order valence-electron chi connectivity index (χ1n) is 40.5. The van der Waals surface area contributed by atoms with Gasteiger partial charge in [0.1, 0.15) is 17.3 Å². The van der Waals surface area contributed by atoms with Crippen LogP contribution >= 0.6 is 0 Å². The van der Waals surface area contributed by atoms with Crippen LogP contribution in [0.2, 0.25) is 0 Å². The molecule has 2 unspecified atom stereocenters. The zero-order valence-corrected chi connectivity index (χ0v) is 64.5. The van der Waals surface area contributed by atoms with E-state index in [0.717, 1.165) is 203 Å². The maximum Gasteiger partial charge on any atom is 0.150 e. The molecule has 17 heteroatoms. The molecular weight excluding hydrogens is 1270 g/mol. The number of rotatable bonds is 13. The Balaban J connectivity index is 0.000000132. The van der Waals surface area contributed by atoms with Crippen molar-refractivity contribution < 1.29 is 47.6 Å². The van der Waals surface area contributed by atoms with Crippen molar-refractivity contribution in [2.24, 2.45) is 123 Å². The highest BCUT2D eigenvalue weighted by atomic mass is 32.2. The van der Waals surface area contributed by atoms with Crippen molar-refractivity contribution >= 4 is 48.5 Å². The molecule has 15 rings (SSSR count). The maximum absolute atomic E-state index is 13.6. The molecule has 3 heterocycles. The van der Waals surface area contributed by atoms with E-state index in [-0.39, 0.29) is 40.1 Å². The van der Waals surface area contributed by atoms with Crippen LogP contribution in [0.4, 0.5) is 0 Å². The highest BCUT2D eigenvalue weighted by molar-refractivity contribution is 7.97. The smallest absolute Gasteiger partial charge is 0.150 e. The van der Waals surface area contributed by atoms with Crippen molar-refractivity contribution in [3.8, 4) is 0 Å². The Kier molecular flexibility index (Phi) is 22.2. The van der Waals surface area contributed by atoms with Gasteiger partial charge in [-0.3, -0.25) is 37.5 Å². The van der Waals surface area contributed by atoms with Gasteiger partial charge in [-0.15, -0.1) is 0 Å². The molecule has 15 nitrogen and oxygen atoms in total. The molecule has 0 radical (unpaired) electrons. The summed E-state index contributed by atoms with van der Waals surface area (Å²) in [7, 11) is -2.41. The highest BCUT2D eigenvalue weighted by Crippen LogP contribution is 2.68. The molecule has 15 fully saturated rings. The number of carbonyl (C=O) groups is 3. The van der Waals surface area contributed by atoms with E-state index < -0.39 is 36.2 Å². The van der Waals surface area contributed by atoms with Crippen LogP contribution in [0, 0.1) is 123 Å². The fraction of sp³-hybridized carbons (Fsp3) is 0.938. The second-order valence-electron chi connectivity index (χ2n) is 38.1. The van der Waals surface area contributed by atoms with Gasteiger partial charge < -0.3 is 24.8 Å². The van der Waals surface area contributed by atoms with E-state index in [1.54, 1.807) is 12.5 Å². The van der Waals surface area contributed by atoms with E-state index in [1.807, 2.05) is 29.6 Å². The number of methoxy groups -OCH3 is 1. The Bertz CT molecular complexity index is 3050. The minimum absolute atomic E-state index is 0.163. The topological polar surface area (TPSA) is 181 Å². The van der Waals surface area contributed by atoms with E-state index in [1.165, 1.54) is 96.3 Å². The molecule has 3 aliphatic heterocycles. The van der Waals surface area contributed by atoms with Gasteiger partial charge in [0, 0.05) is 122 Å². The molecule has 0 aromatic heterocycles. The number of piperazine rings is 2. The zero-order valence-electron chi connectivity index (χ0n) is 62.8. The van der Waals surface area contributed by atoms with Crippen molar-refractivity contribution in [2.45, 2.75) is 238 Å². The summed E-state index contributed by atoms with van der Waals surface area (Å²) in [5, 5.41) is 32.3. The molecule has 3 saturated heterocycles. The molecule has 27 atom stereocenters.